The van der Waals surface area contributed by atoms with E-state index in [1.807, 2.05) is 80.6 Å². The summed E-state index contributed by atoms with van der Waals surface area (Å²) < 4.78 is 0.961. The average Bonchev–Trinajstić information content (AvgIpc) is 3.13. The number of amides is 2. The fourth-order valence-corrected chi connectivity index (χ4v) is 5.15. The predicted octanol–water partition coefficient (Wildman–Crippen LogP) is 6.13. The summed E-state index contributed by atoms with van der Waals surface area (Å²) in [5.74, 6) is -0.689. The number of thioether (sulfide) groups is 1. The number of nitrogens with zero attached hydrogens (tertiary/aromatic N) is 2. The van der Waals surface area contributed by atoms with Gasteiger partial charge in [0.15, 0.2) is 0 Å². The van der Waals surface area contributed by atoms with E-state index in [-0.39, 0.29) is 11.5 Å². The smallest absolute Gasteiger partial charge is 0.269 e. The molecule has 1 heterocycles. The van der Waals surface area contributed by atoms with Crippen LogP contribution in [-0.4, -0.2) is 17.1 Å². The molecule has 2 amide bonds. The van der Waals surface area contributed by atoms with Crippen molar-refractivity contribution < 1.29 is 9.59 Å². The maximum absolute atomic E-state index is 13.5. The van der Waals surface area contributed by atoms with Crippen molar-refractivity contribution in [2.24, 2.45) is 0 Å². The molecule has 1 fully saturated rings. The van der Waals surface area contributed by atoms with E-state index in [2.05, 4.69) is 21.2 Å². The summed E-state index contributed by atoms with van der Waals surface area (Å²) in [5, 5.41) is 12.6. The molecule has 0 saturated carbocycles. The Morgan fingerprint density at radius 3 is 2.18 bits per heavy atom. The first-order valence-corrected chi connectivity index (χ1v) is 12.4. The van der Waals surface area contributed by atoms with Gasteiger partial charge in [-0.3, -0.25) is 14.5 Å². The Balaban J connectivity index is 1.71. The highest BCUT2D eigenvalue weighted by Crippen LogP contribution is 2.42. The molecule has 4 rings (SSSR count). The van der Waals surface area contributed by atoms with Gasteiger partial charge in [-0.2, -0.15) is 5.26 Å². The van der Waals surface area contributed by atoms with Gasteiger partial charge >= 0.3 is 0 Å². The predicted molar refractivity (Wildman–Crippen MR) is 140 cm³/mol. The molecule has 0 aromatic heterocycles. The van der Waals surface area contributed by atoms with Crippen LogP contribution in [0.5, 0.6) is 0 Å². The highest BCUT2D eigenvalue weighted by atomic mass is 79.9. The van der Waals surface area contributed by atoms with Crippen molar-refractivity contribution in [2.75, 3.05) is 10.2 Å². The summed E-state index contributed by atoms with van der Waals surface area (Å²) in [4.78, 5) is 28.1. The second-order valence-electron chi connectivity index (χ2n) is 8.06. The van der Waals surface area contributed by atoms with Crippen molar-refractivity contribution in [1.82, 2.24) is 0 Å². The molecular formula is C27H22BrN3O2S. The van der Waals surface area contributed by atoms with Gasteiger partial charge in [-0.1, -0.05) is 75.2 Å². The second kappa shape index (κ2) is 10.3. The average molecular weight is 532 g/mol. The maximum atomic E-state index is 13.5. The van der Waals surface area contributed by atoms with Crippen LogP contribution in [0.25, 0.3) is 0 Å². The first kappa shape index (κ1) is 23.8. The van der Waals surface area contributed by atoms with Crippen LogP contribution in [0.1, 0.15) is 16.7 Å². The van der Waals surface area contributed by atoms with E-state index in [0.29, 0.717) is 22.8 Å². The van der Waals surface area contributed by atoms with Crippen molar-refractivity contribution >= 4 is 50.9 Å². The zero-order chi connectivity index (χ0) is 24.2. The number of hydrogen-bond donors (Lipinski definition) is 1. The van der Waals surface area contributed by atoms with E-state index in [4.69, 9.17) is 0 Å². The van der Waals surface area contributed by atoms with E-state index in [0.717, 1.165) is 21.2 Å². The summed E-state index contributed by atoms with van der Waals surface area (Å²) in [7, 11) is 0. The molecule has 0 aliphatic carbocycles. The van der Waals surface area contributed by atoms with E-state index in [1.165, 1.54) is 16.7 Å². The standard InChI is InChI=1S/C27H22BrN3O2S/c1-17-3-11-21(12-4-17)30-25(32)23(16-29)27-31(22-13-5-18(2)6-14-22)26(33)24(34-27)15-19-7-9-20(28)10-8-19/h3-14,24H,15H2,1-2H3,(H,30,32)/b27-23-/t24-/m1/s1. The van der Waals surface area contributed by atoms with Crippen LogP contribution in [0.2, 0.25) is 0 Å². The number of carbonyl (C=O) groups excluding carboxylic acids is 2. The lowest BCUT2D eigenvalue weighted by atomic mass is 10.1. The first-order valence-electron chi connectivity index (χ1n) is 10.7. The van der Waals surface area contributed by atoms with Crippen LogP contribution < -0.4 is 10.2 Å². The van der Waals surface area contributed by atoms with Crippen molar-refractivity contribution in [2.45, 2.75) is 25.5 Å². The zero-order valence-corrected chi connectivity index (χ0v) is 21.1. The topological polar surface area (TPSA) is 73.2 Å². The zero-order valence-electron chi connectivity index (χ0n) is 18.7. The summed E-state index contributed by atoms with van der Waals surface area (Å²) in [6.07, 6.45) is 0.487. The quantitative estimate of drug-likeness (QED) is 0.317. The SMILES string of the molecule is Cc1ccc(NC(=O)/C(C#N)=C2\S[C@H](Cc3ccc(Br)cc3)C(=O)N2c2ccc(C)cc2)cc1. The highest BCUT2D eigenvalue weighted by Gasteiger charge is 2.40. The van der Waals surface area contributed by atoms with E-state index in [1.54, 1.807) is 12.1 Å². The molecule has 0 spiro atoms. The Labute approximate surface area is 211 Å². The van der Waals surface area contributed by atoms with Crippen molar-refractivity contribution in [3.8, 4) is 6.07 Å². The van der Waals surface area contributed by atoms with Gasteiger partial charge in [0.05, 0.1) is 5.25 Å². The number of nitrogens with one attached hydrogen (secondary N) is 1. The number of carbonyl (C=O) groups is 2. The lowest BCUT2D eigenvalue weighted by Crippen LogP contribution is -2.30. The van der Waals surface area contributed by atoms with Gasteiger partial charge in [-0.05, 0) is 62.2 Å². The molecule has 1 aliphatic rings. The number of hydrogen-bond acceptors (Lipinski definition) is 4. The molecule has 7 heteroatoms. The fraction of sp³-hybridized carbons (Fsp3) is 0.148. The fourth-order valence-electron chi connectivity index (χ4n) is 3.58. The number of halogens is 1. The molecule has 5 nitrogen and oxygen atoms in total. The van der Waals surface area contributed by atoms with Crippen molar-refractivity contribution in [1.29, 1.82) is 5.26 Å². The van der Waals surface area contributed by atoms with Gasteiger partial charge in [-0.15, -0.1) is 0 Å². The molecule has 0 radical (unpaired) electrons. The van der Waals surface area contributed by atoms with Gasteiger partial charge in [0.25, 0.3) is 5.91 Å². The Kier molecular flexibility index (Phi) is 7.20. The molecule has 170 valence electrons. The molecule has 3 aromatic rings. The molecule has 1 atom stereocenters. The third kappa shape index (κ3) is 5.24. The van der Waals surface area contributed by atoms with Crippen molar-refractivity contribution in [3.63, 3.8) is 0 Å². The van der Waals surface area contributed by atoms with Crippen LogP contribution in [-0.2, 0) is 16.0 Å². The van der Waals surface area contributed by atoms with E-state index < -0.39 is 11.2 Å². The minimum atomic E-state index is -0.539. The lowest BCUT2D eigenvalue weighted by molar-refractivity contribution is -0.117. The Morgan fingerprint density at radius 2 is 1.59 bits per heavy atom. The molecule has 0 bridgehead atoms. The molecule has 3 aromatic carbocycles. The number of anilines is 2. The van der Waals surface area contributed by atoms with Crippen LogP contribution in [0, 0.1) is 25.2 Å². The third-order valence-electron chi connectivity index (χ3n) is 5.44. The highest BCUT2D eigenvalue weighted by molar-refractivity contribution is 9.10. The Morgan fingerprint density at radius 1 is 1.00 bits per heavy atom. The van der Waals surface area contributed by atoms with E-state index in [9.17, 15) is 14.9 Å². The van der Waals surface area contributed by atoms with Crippen LogP contribution in [0.15, 0.2) is 87.9 Å². The monoisotopic (exact) mass is 531 g/mol. The minimum Gasteiger partial charge on any atom is -0.321 e. The van der Waals surface area contributed by atoms with Crippen LogP contribution in [0.3, 0.4) is 0 Å². The molecule has 1 N–H and O–H groups in total. The molecular weight excluding hydrogens is 510 g/mol. The van der Waals surface area contributed by atoms with Gasteiger partial charge in [0.1, 0.15) is 16.7 Å². The second-order valence-corrected chi connectivity index (χ2v) is 10.2. The summed E-state index contributed by atoms with van der Waals surface area (Å²) in [6.45, 7) is 3.92. The molecule has 1 aliphatic heterocycles. The molecule has 34 heavy (non-hydrogen) atoms. The number of aryl methyl sites for hydroxylation is 2. The van der Waals surface area contributed by atoms with Crippen LogP contribution >= 0.6 is 27.7 Å². The third-order valence-corrected chi connectivity index (χ3v) is 7.23. The summed E-state index contributed by atoms with van der Waals surface area (Å²) in [5.41, 5.74) is 4.26. The Hall–Kier alpha value is -3.34. The largest absolute Gasteiger partial charge is 0.321 e. The van der Waals surface area contributed by atoms with Crippen molar-refractivity contribution in [3.05, 3.63) is 105 Å². The number of benzene rings is 3. The normalized spacial score (nSPS) is 16.8. The maximum Gasteiger partial charge on any atom is 0.269 e. The summed E-state index contributed by atoms with van der Waals surface area (Å²) in [6, 6.07) is 24.7. The molecule has 0 unspecified atom stereocenters. The van der Waals surface area contributed by atoms with Gasteiger partial charge in [-0.25, -0.2) is 0 Å². The van der Waals surface area contributed by atoms with Gasteiger partial charge < -0.3 is 5.32 Å². The van der Waals surface area contributed by atoms with Gasteiger partial charge in [0, 0.05) is 15.8 Å². The summed E-state index contributed by atoms with van der Waals surface area (Å²) >= 11 is 4.69. The van der Waals surface area contributed by atoms with E-state index >= 15 is 0 Å². The van der Waals surface area contributed by atoms with Crippen LogP contribution in [0.4, 0.5) is 11.4 Å². The van der Waals surface area contributed by atoms with Gasteiger partial charge in [0.2, 0.25) is 5.91 Å². The first-order chi connectivity index (χ1) is 16.4. The number of rotatable bonds is 5. The Bertz CT molecular complexity index is 1290. The minimum absolute atomic E-state index is 0.0854. The lowest BCUT2D eigenvalue weighted by Gasteiger charge is -2.19. The molecule has 1 saturated heterocycles. The number of nitriles is 1.